The Labute approximate surface area is 105 Å². The lowest BCUT2D eigenvalue weighted by atomic mass is 10.2. The fourth-order valence-electron chi connectivity index (χ4n) is 1.35. The first-order chi connectivity index (χ1) is 8.65. The minimum atomic E-state index is -1.04. The summed E-state index contributed by atoms with van der Waals surface area (Å²) in [5, 5.41) is 0. The number of nitrogens with zero attached hydrogens (tertiary/aromatic N) is 3. The van der Waals surface area contributed by atoms with E-state index >= 15 is 0 Å². The highest BCUT2D eigenvalue weighted by molar-refractivity contribution is 5.56. The molecule has 0 amide bonds. The van der Waals surface area contributed by atoms with Crippen molar-refractivity contribution in [1.29, 1.82) is 0 Å². The van der Waals surface area contributed by atoms with Crippen LogP contribution in [0.4, 0.5) is 4.39 Å². The predicted octanol–water partition coefficient (Wildman–Crippen LogP) is 2.46. The van der Waals surface area contributed by atoms with Crippen molar-refractivity contribution in [3.8, 4) is 17.3 Å². The second-order valence-electron chi connectivity index (χ2n) is 3.86. The lowest BCUT2D eigenvalue weighted by Crippen LogP contribution is -2.10. The molecule has 5 heteroatoms. The molecule has 2 heterocycles. The Bertz CT molecular complexity index is 514. The average molecular weight is 246 g/mol. The molecule has 0 saturated carbocycles. The van der Waals surface area contributed by atoms with Crippen LogP contribution in [0, 0.1) is 6.92 Å². The van der Waals surface area contributed by atoms with Crippen molar-refractivity contribution >= 4 is 0 Å². The molecule has 0 aliphatic carbocycles. The van der Waals surface area contributed by atoms with Crippen LogP contribution in [-0.2, 0) is 0 Å². The third-order valence-electron chi connectivity index (χ3n) is 2.17. The van der Waals surface area contributed by atoms with E-state index in [-0.39, 0.29) is 12.6 Å². The lowest BCUT2D eigenvalue weighted by molar-refractivity contribution is 0.197. The molecule has 2 rings (SSSR count). The SMILES string of the molecule is [CH2]c1cccc(-c2cnc(OC[C@@H](C)F)nc2)n1. The normalized spacial score (nSPS) is 12.2. The zero-order chi connectivity index (χ0) is 13.0. The molecule has 0 bridgehead atoms. The zero-order valence-electron chi connectivity index (χ0n) is 10.0. The Morgan fingerprint density at radius 1 is 1.33 bits per heavy atom. The van der Waals surface area contributed by atoms with E-state index in [4.69, 9.17) is 4.74 Å². The van der Waals surface area contributed by atoms with Gasteiger partial charge in [-0.05, 0) is 26.0 Å². The average Bonchev–Trinajstić information content (AvgIpc) is 2.37. The van der Waals surface area contributed by atoms with Gasteiger partial charge in [-0.15, -0.1) is 0 Å². The molecule has 0 fully saturated rings. The van der Waals surface area contributed by atoms with Gasteiger partial charge in [0.1, 0.15) is 12.8 Å². The number of halogens is 1. The van der Waals surface area contributed by atoms with Crippen LogP contribution in [0.15, 0.2) is 30.6 Å². The summed E-state index contributed by atoms with van der Waals surface area (Å²) in [6, 6.07) is 5.68. The maximum atomic E-state index is 12.6. The molecule has 0 aliphatic heterocycles. The molecule has 2 aromatic heterocycles. The third kappa shape index (κ3) is 3.23. The lowest BCUT2D eigenvalue weighted by Gasteiger charge is -2.05. The highest BCUT2D eigenvalue weighted by Crippen LogP contribution is 2.16. The summed E-state index contributed by atoms with van der Waals surface area (Å²) >= 11 is 0. The molecule has 0 saturated heterocycles. The van der Waals surface area contributed by atoms with Crippen molar-refractivity contribution in [1.82, 2.24) is 15.0 Å². The molecule has 93 valence electrons. The standard InChI is InChI=1S/C13H13FN3O/c1-9(14)8-18-13-15-6-11(7-16-13)12-5-3-4-10(2)17-12/h3-7,9H,2,8H2,1H3/t9-/m1/s1. The number of hydrogen-bond acceptors (Lipinski definition) is 4. The number of aromatic nitrogens is 3. The van der Waals surface area contributed by atoms with Gasteiger partial charge in [-0.3, -0.25) is 4.98 Å². The molecule has 4 nitrogen and oxygen atoms in total. The van der Waals surface area contributed by atoms with Crippen LogP contribution in [-0.4, -0.2) is 27.7 Å². The fraction of sp³-hybridized carbons (Fsp3) is 0.231. The van der Waals surface area contributed by atoms with E-state index < -0.39 is 6.17 Å². The van der Waals surface area contributed by atoms with E-state index in [2.05, 4.69) is 21.9 Å². The molecule has 0 spiro atoms. The monoisotopic (exact) mass is 246 g/mol. The van der Waals surface area contributed by atoms with Crippen molar-refractivity contribution in [2.45, 2.75) is 13.1 Å². The zero-order valence-corrected chi connectivity index (χ0v) is 10.0. The van der Waals surface area contributed by atoms with Crippen molar-refractivity contribution in [2.24, 2.45) is 0 Å². The van der Waals surface area contributed by atoms with E-state index in [1.54, 1.807) is 12.4 Å². The number of rotatable bonds is 4. The molecule has 0 aromatic carbocycles. The molecule has 0 aliphatic rings. The van der Waals surface area contributed by atoms with Gasteiger partial charge in [-0.2, -0.15) is 0 Å². The summed E-state index contributed by atoms with van der Waals surface area (Å²) in [5.41, 5.74) is 2.19. The minimum Gasteiger partial charge on any atom is -0.460 e. The molecule has 18 heavy (non-hydrogen) atoms. The fourth-order valence-corrected chi connectivity index (χ4v) is 1.35. The Balaban J connectivity index is 2.12. The van der Waals surface area contributed by atoms with Gasteiger partial charge in [0, 0.05) is 23.7 Å². The first-order valence-corrected chi connectivity index (χ1v) is 5.53. The second-order valence-corrected chi connectivity index (χ2v) is 3.86. The van der Waals surface area contributed by atoms with E-state index in [1.807, 2.05) is 18.2 Å². The Kier molecular flexibility index (Phi) is 3.82. The molecule has 1 atom stereocenters. The quantitative estimate of drug-likeness (QED) is 0.831. The second kappa shape index (κ2) is 5.53. The van der Waals surface area contributed by atoms with E-state index in [0.29, 0.717) is 5.69 Å². The first kappa shape index (κ1) is 12.4. The highest BCUT2D eigenvalue weighted by atomic mass is 19.1. The number of alkyl halides is 1. The maximum Gasteiger partial charge on any atom is 0.316 e. The summed E-state index contributed by atoms with van der Waals surface area (Å²) in [4.78, 5) is 12.2. The molecular formula is C13H13FN3O. The van der Waals surface area contributed by atoms with Crippen LogP contribution >= 0.6 is 0 Å². The topological polar surface area (TPSA) is 47.9 Å². The summed E-state index contributed by atoms with van der Waals surface area (Å²) < 4.78 is 17.6. The highest BCUT2D eigenvalue weighted by Gasteiger charge is 2.04. The molecule has 0 unspecified atom stereocenters. The van der Waals surface area contributed by atoms with Crippen molar-refractivity contribution in [3.05, 3.63) is 43.2 Å². The van der Waals surface area contributed by atoms with Crippen LogP contribution in [0.2, 0.25) is 0 Å². The third-order valence-corrected chi connectivity index (χ3v) is 2.17. The van der Waals surface area contributed by atoms with Gasteiger partial charge in [-0.1, -0.05) is 6.07 Å². The molecule has 2 aromatic rings. The van der Waals surface area contributed by atoms with Crippen LogP contribution < -0.4 is 4.74 Å². The smallest absolute Gasteiger partial charge is 0.316 e. The van der Waals surface area contributed by atoms with Crippen molar-refractivity contribution in [3.63, 3.8) is 0 Å². The van der Waals surface area contributed by atoms with Crippen LogP contribution in [0.25, 0.3) is 11.3 Å². The number of hydrogen-bond donors (Lipinski definition) is 0. The van der Waals surface area contributed by atoms with E-state index in [1.165, 1.54) is 6.92 Å². The van der Waals surface area contributed by atoms with Gasteiger partial charge in [0.25, 0.3) is 0 Å². The van der Waals surface area contributed by atoms with Gasteiger partial charge in [0.2, 0.25) is 0 Å². The number of pyridine rings is 1. The Morgan fingerprint density at radius 2 is 2.06 bits per heavy atom. The van der Waals surface area contributed by atoms with Gasteiger partial charge in [0.15, 0.2) is 0 Å². The van der Waals surface area contributed by atoms with Gasteiger partial charge < -0.3 is 4.74 Å². The van der Waals surface area contributed by atoms with E-state index in [9.17, 15) is 4.39 Å². The van der Waals surface area contributed by atoms with Crippen LogP contribution in [0.5, 0.6) is 6.01 Å². The van der Waals surface area contributed by atoms with Crippen molar-refractivity contribution < 1.29 is 9.13 Å². The van der Waals surface area contributed by atoms with Crippen LogP contribution in [0.3, 0.4) is 0 Å². The van der Waals surface area contributed by atoms with Gasteiger partial charge >= 0.3 is 6.01 Å². The Hall–Kier alpha value is -2.04. The first-order valence-electron chi connectivity index (χ1n) is 5.53. The van der Waals surface area contributed by atoms with Crippen molar-refractivity contribution in [2.75, 3.05) is 6.61 Å². The summed E-state index contributed by atoms with van der Waals surface area (Å²) in [7, 11) is 0. The molecule has 0 N–H and O–H groups in total. The maximum absolute atomic E-state index is 12.6. The van der Waals surface area contributed by atoms with Crippen LogP contribution in [0.1, 0.15) is 12.6 Å². The number of ether oxygens (including phenoxy) is 1. The summed E-state index contributed by atoms with van der Waals surface area (Å²) in [5.74, 6) is 0. The Morgan fingerprint density at radius 3 is 2.67 bits per heavy atom. The minimum absolute atomic E-state index is 0.0496. The predicted molar refractivity (Wildman–Crippen MR) is 65.8 cm³/mol. The summed E-state index contributed by atoms with van der Waals surface area (Å²) in [6.45, 7) is 5.12. The van der Waals surface area contributed by atoms with E-state index in [0.717, 1.165) is 11.3 Å². The van der Waals surface area contributed by atoms with Gasteiger partial charge in [0.05, 0.1) is 5.69 Å². The largest absolute Gasteiger partial charge is 0.460 e. The van der Waals surface area contributed by atoms with Gasteiger partial charge in [-0.25, -0.2) is 14.4 Å². The molecular weight excluding hydrogens is 233 g/mol. The summed E-state index contributed by atoms with van der Waals surface area (Å²) in [6.07, 6.45) is 2.14. The molecule has 1 radical (unpaired) electrons.